The van der Waals surface area contributed by atoms with Gasteiger partial charge in [-0.1, -0.05) is 78.7 Å². The van der Waals surface area contributed by atoms with Crippen LogP contribution >= 0.6 is 11.6 Å². The van der Waals surface area contributed by atoms with E-state index in [2.05, 4.69) is 78.3 Å². The number of allylic oxidation sites excluding steroid dienone is 3. The Morgan fingerprint density at radius 2 is 1.73 bits per heavy atom. The molecule has 2 fully saturated rings. The summed E-state index contributed by atoms with van der Waals surface area (Å²) < 4.78 is 6.00. The molecule has 194 valence electrons. The lowest BCUT2D eigenvalue weighted by Gasteiger charge is -2.43. The normalized spacial score (nSPS) is 31.1. The number of halogens is 1. The Morgan fingerprint density at radius 3 is 2.46 bits per heavy atom. The van der Waals surface area contributed by atoms with Crippen LogP contribution in [-0.4, -0.2) is 54.6 Å². The molecule has 2 aliphatic carbocycles. The second kappa shape index (κ2) is 10.1. The van der Waals surface area contributed by atoms with Crippen molar-refractivity contribution in [2.75, 3.05) is 32.7 Å². The molecule has 6 rings (SSSR count). The van der Waals surface area contributed by atoms with Crippen LogP contribution in [0.25, 0.3) is 0 Å². The first-order valence-electron chi connectivity index (χ1n) is 13.8. The number of carbonyl (C=O) groups excluding carboxylic acids is 1. The van der Waals surface area contributed by atoms with Gasteiger partial charge in [-0.3, -0.25) is 14.6 Å². The predicted molar refractivity (Wildman–Crippen MR) is 148 cm³/mol. The number of carbonyl (C=O) groups is 1. The number of rotatable bonds is 5. The third-order valence-corrected chi connectivity index (χ3v) is 9.48. The number of hydrogen-bond donors (Lipinski definition) is 0. The number of hydrogen-bond acceptors (Lipinski definition) is 4. The largest absolute Gasteiger partial charge is 0.461 e. The van der Waals surface area contributed by atoms with Crippen LogP contribution in [0.4, 0.5) is 0 Å². The van der Waals surface area contributed by atoms with Crippen LogP contribution in [0.5, 0.6) is 0 Å². The molecule has 0 amide bonds. The lowest BCUT2D eigenvalue weighted by molar-refractivity contribution is -0.145. The summed E-state index contributed by atoms with van der Waals surface area (Å²) in [5.41, 5.74) is 5.57. The van der Waals surface area contributed by atoms with Crippen LogP contribution in [0.2, 0.25) is 5.02 Å². The molecule has 0 saturated carbocycles. The van der Waals surface area contributed by atoms with Crippen LogP contribution < -0.4 is 0 Å². The number of ether oxygens (including phenoxy) is 1. The van der Waals surface area contributed by atoms with Gasteiger partial charge in [0.1, 0.15) is 6.10 Å². The maximum atomic E-state index is 13.1. The fourth-order valence-corrected chi connectivity index (χ4v) is 7.34. The smallest absolute Gasteiger partial charge is 0.311 e. The second-order valence-electron chi connectivity index (χ2n) is 11.6. The highest BCUT2D eigenvalue weighted by Gasteiger charge is 2.51. The van der Waals surface area contributed by atoms with Crippen molar-refractivity contribution in [1.82, 2.24) is 9.80 Å². The molecule has 4 aliphatic rings. The molecule has 4 nitrogen and oxygen atoms in total. The minimum absolute atomic E-state index is 0.00138. The molecule has 0 spiro atoms. The summed E-state index contributed by atoms with van der Waals surface area (Å²) >= 11 is 6.20. The zero-order valence-electron chi connectivity index (χ0n) is 21.9. The van der Waals surface area contributed by atoms with Crippen LogP contribution in [0.3, 0.4) is 0 Å². The molecule has 5 heteroatoms. The average Bonchev–Trinajstić information content (AvgIpc) is 3.19. The molecule has 0 aromatic heterocycles. The summed E-state index contributed by atoms with van der Waals surface area (Å²) in [5.74, 6) is 0.132. The van der Waals surface area contributed by atoms with E-state index in [0.29, 0.717) is 0 Å². The average molecular weight is 517 g/mol. The van der Waals surface area contributed by atoms with E-state index in [-0.39, 0.29) is 35.4 Å². The van der Waals surface area contributed by atoms with Crippen LogP contribution in [-0.2, 0) is 9.53 Å². The van der Waals surface area contributed by atoms with Crippen molar-refractivity contribution in [3.8, 4) is 0 Å². The molecule has 2 aromatic carbocycles. The standard InChI is InChI=1S/C32H37ClN2O2/c1-22-7-6-14-32(2)20-29-26(19-28(22)32)27(31(36)37-29)21-34-15-17-35(18-16-34)30(23-8-4-3-5-9-23)24-10-12-25(33)13-11-24/h3-5,7-13,19,26-27,29-30H,6,14-18,20-21H2,1-2H3/t26-,27?,29-,30?,32-/m1/s1. The first kappa shape index (κ1) is 24.9. The highest BCUT2D eigenvalue weighted by molar-refractivity contribution is 6.30. The van der Waals surface area contributed by atoms with Gasteiger partial charge in [0.2, 0.25) is 0 Å². The van der Waals surface area contributed by atoms with Crippen molar-refractivity contribution in [2.45, 2.75) is 45.3 Å². The summed E-state index contributed by atoms with van der Waals surface area (Å²) in [6, 6.07) is 19.2. The summed E-state index contributed by atoms with van der Waals surface area (Å²) in [6.07, 6.45) is 8.05. The Morgan fingerprint density at radius 1 is 1.03 bits per heavy atom. The van der Waals surface area contributed by atoms with Gasteiger partial charge < -0.3 is 4.74 Å². The molecule has 0 N–H and O–H groups in total. The third-order valence-electron chi connectivity index (χ3n) is 9.22. The van der Waals surface area contributed by atoms with Gasteiger partial charge in [-0.15, -0.1) is 0 Å². The van der Waals surface area contributed by atoms with E-state index < -0.39 is 0 Å². The molecule has 2 aromatic rings. The molecule has 0 radical (unpaired) electrons. The van der Waals surface area contributed by atoms with Gasteiger partial charge in [0.25, 0.3) is 0 Å². The van der Waals surface area contributed by atoms with Gasteiger partial charge in [-0.05, 0) is 60.4 Å². The highest BCUT2D eigenvalue weighted by Crippen LogP contribution is 2.52. The number of nitrogens with zero attached hydrogens (tertiary/aromatic N) is 2. The van der Waals surface area contributed by atoms with Gasteiger partial charge in [-0.25, -0.2) is 0 Å². The summed E-state index contributed by atoms with van der Waals surface area (Å²) in [6.45, 7) is 9.19. The first-order valence-corrected chi connectivity index (χ1v) is 14.2. The minimum Gasteiger partial charge on any atom is -0.461 e. The Kier molecular flexibility index (Phi) is 6.77. The van der Waals surface area contributed by atoms with E-state index in [9.17, 15) is 4.79 Å². The van der Waals surface area contributed by atoms with E-state index in [0.717, 1.165) is 57.0 Å². The van der Waals surface area contributed by atoms with E-state index in [1.165, 1.54) is 22.3 Å². The SMILES string of the molecule is CC1=CCC[C@]2(C)C[C@H]3OC(=O)C(CN4CCN(C(c5ccccc5)c5ccc(Cl)cc5)CC4)[C@H]3C=C12. The van der Waals surface area contributed by atoms with Gasteiger partial charge in [0.05, 0.1) is 12.0 Å². The van der Waals surface area contributed by atoms with Crippen LogP contribution in [0, 0.1) is 17.3 Å². The third kappa shape index (κ3) is 4.80. The van der Waals surface area contributed by atoms with Gasteiger partial charge in [0, 0.05) is 43.7 Å². The molecule has 2 aliphatic heterocycles. The van der Waals surface area contributed by atoms with E-state index in [1.54, 1.807) is 0 Å². The van der Waals surface area contributed by atoms with Crippen molar-refractivity contribution in [2.24, 2.45) is 17.3 Å². The molecule has 5 atom stereocenters. The molecule has 2 unspecified atom stereocenters. The molecule has 37 heavy (non-hydrogen) atoms. The van der Waals surface area contributed by atoms with E-state index in [4.69, 9.17) is 16.3 Å². The maximum absolute atomic E-state index is 13.1. The molecular weight excluding hydrogens is 480 g/mol. The van der Waals surface area contributed by atoms with Gasteiger partial charge in [-0.2, -0.15) is 0 Å². The zero-order chi connectivity index (χ0) is 25.6. The zero-order valence-corrected chi connectivity index (χ0v) is 22.7. The molecule has 0 bridgehead atoms. The van der Waals surface area contributed by atoms with Gasteiger partial charge in [0.15, 0.2) is 0 Å². The molecule has 2 saturated heterocycles. The lowest BCUT2D eigenvalue weighted by atomic mass is 9.62. The maximum Gasteiger partial charge on any atom is 0.311 e. The number of benzene rings is 2. The van der Waals surface area contributed by atoms with Crippen LogP contribution in [0.15, 0.2) is 77.9 Å². The Hall–Kier alpha value is -2.40. The van der Waals surface area contributed by atoms with Crippen molar-refractivity contribution < 1.29 is 9.53 Å². The number of esters is 1. The fourth-order valence-electron chi connectivity index (χ4n) is 7.21. The highest BCUT2D eigenvalue weighted by atomic mass is 35.5. The van der Waals surface area contributed by atoms with E-state index >= 15 is 0 Å². The Bertz CT molecular complexity index is 1200. The van der Waals surface area contributed by atoms with Crippen molar-refractivity contribution in [3.05, 3.63) is 94.0 Å². The van der Waals surface area contributed by atoms with E-state index in [1.807, 2.05) is 12.1 Å². The van der Waals surface area contributed by atoms with Crippen LogP contribution in [0.1, 0.15) is 50.3 Å². The Labute approximate surface area is 225 Å². The molecular formula is C32H37ClN2O2. The van der Waals surface area contributed by atoms with Crippen molar-refractivity contribution in [3.63, 3.8) is 0 Å². The summed E-state index contributed by atoms with van der Waals surface area (Å²) in [7, 11) is 0. The van der Waals surface area contributed by atoms with Crippen molar-refractivity contribution in [1.29, 1.82) is 0 Å². The Balaban J connectivity index is 1.16. The monoisotopic (exact) mass is 516 g/mol. The lowest BCUT2D eigenvalue weighted by Crippen LogP contribution is -2.50. The summed E-state index contributed by atoms with van der Waals surface area (Å²) in [4.78, 5) is 18.1. The summed E-state index contributed by atoms with van der Waals surface area (Å²) in [5, 5.41) is 0.763. The number of piperazine rings is 1. The number of fused-ring (bicyclic) bond motifs is 2. The topological polar surface area (TPSA) is 32.8 Å². The second-order valence-corrected chi connectivity index (χ2v) is 12.1. The quantitative estimate of drug-likeness (QED) is 0.438. The first-order chi connectivity index (χ1) is 17.9. The fraction of sp³-hybridized carbons (Fsp3) is 0.469. The van der Waals surface area contributed by atoms with Crippen molar-refractivity contribution >= 4 is 17.6 Å². The van der Waals surface area contributed by atoms with Gasteiger partial charge >= 0.3 is 5.97 Å². The minimum atomic E-state index is -0.0653. The predicted octanol–water partition coefficient (Wildman–Crippen LogP) is 6.28. The molecule has 2 heterocycles.